The number of fused-ring (bicyclic) bond motifs is 1. The lowest BCUT2D eigenvalue weighted by molar-refractivity contribution is 0.101. The minimum atomic E-state index is 0.109. The van der Waals surface area contributed by atoms with Gasteiger partial charge in [0.15, 0.2) is 5.78 Å². The maximum absolute atomic E-state index is 11.9. The van der Waals surface area contributed by atoms with Crippen LogP contribution in [0.25, 0.3) is 10.9 Å². The molecule has 0 N–H and O–H groups in total. The van der Waals surface area contributed by atoms with Crippen molar-refractivity contribution in [3.8, 4) is 5.75 Å². The Bertz CT molecular complexity index is 623. The predicted octanol–water partition coefficient (Wildman–Crippen LogP) is 3.82. The van der Waals surface area contributed by atoms with E-state index < -0.39 is 0 Å². The number of benzene rings is 1. The van der Waals surface area contributed by atoms with Crippen molar-refractivity contribution in [3.05, 3.63) is 29.5 Å². The van der Waals surface area contributed by atoms with Gasteiger partial charge in [-0.2, -0.15) is 0 Å². The van der Waals surface area contributed by atoms with Crippen molar-refractivity contribution < 1.29 is 9.53 Å². The lowest BCUT2D eigenvalue weighted by Gasteiger charge is -2.11. The maximum Gasteiger partial charge on any atom is 0.162 e. The molecule has 2 rings (SSSR count). The number of ether oxygens (including phenoxy) is 1. The van der Waals surface area contributed by atoms with E-state index in [0.717, 1.165) is 34.5 Å². The van der Waals surface area contributed by atoms with E-state index in [1.165, 1.54) is 0 Å². The molecule has 0 bridgehead atoms. The van der Waals surface area contributed by atoms with Gasteiger partial charge in [0.05, 0.1) is 7.11 Å². The molecule has 0 aliphatic carbocycles. The summed E-state index contributed by atoms with van der Waals surface area (Å²) in [6, 6.07) is 5.94. The number of hydrogen-bond donors (Lipinski definition) is 0. The van der Waals surface area contributed by atoms with Crippen LogP contribution in [0.4, 0.5) is 0 Å². The van der Waals surface area contributed by atoms with Crippen molar-refractivity contribution in [2.45, 2.75) is 34.2 Å². The third kappa shape index (κ3) is 2.37. The molecule has 0 unspecified atom stereocenters. The quantitative estimate of drug-likeness (QED) is 0.782. The molecule has 0 atom stereocenters. The Morgan fingerprint density at radius 3 is 2.58 bits per heavy atom. The molecule has 102 valence electrons. The Morgan fingerprint density at radius 2 is 2.05 bits per heavy atom. The number of carbonyl (C=O) groups is 1. The Hall–Kier alpha value is -1.77. The van der Waals surface area contributed by atoms with E-state index in [9.17, 15) is 4.79 Å². The van der Waals surface area contributed by atoms with Crippen LogP contribution in [-0.4, -0.2) is 17.5 Å². The van der Waals surface area contributed by atoms with Crippen molar-refractivity contribution in [2.24, 2.45) is 5.92 Å². The number of ketones is 1. The van der Waals surface area contributed by atoms with E-state index in [2.05, 4.69) is 18.4 Å². The zero-order valence-corrected chi connectivity index (χ0v) is 12.3. The molecule has 3 heteroatoms. The van der Waals surface area contributed by atoms with Crippen LogP contribution in [0.15, 0.2) is 18.2 Å². The van der Waals surface area contributed by atoms with E-state index in [0.29, 0.717) is 5.92 Å². The zero-order valence-electron chi connectivity index (χ0n) is 12.3. The van der Waals surface area contributed by atoms with Gasteiger partial charge in [0.25, 0.3) is 0 Å². The highest BCUT2D eigenvalue weighted by atomic mass is 16.5. The largest absolute Gasteiger partial charge is 0.497 e. The van der Waals surface area contributed by atoms with Crippen LogP contribution >= 0.6 is 0 Å². The second kappa shape index (κ2) is 5.08. The summed E-state index contributed by atoms with van der Waals surface area (Å²) in [6.07, 6.45) is 0. The fourth-order valence-corrected chi connectivity index (χ4v) is 2.63. The molecule has 1 aromatic heterocycles. The molecule has 0 saturated carbocycles. The Labute approximate surface area is 114 Å². The number of rotatable bonds is 4. The highest BCUT2D eigenvalue weighted by molar-refractivity contribution is 6.08. The highest BCUT2D eigenvalue weighted by Gasteiger charge is 2.18. The molecule has 0 spiro atoms. The van der Waals surface area contributed by atoms with E-state index >= 15 is 0 Å². The Balaban J connectivity index is 2.76. The lowest BCUT2D eigenvalue weighted by atomic mass is 10.1. The second-order valence-corrected chi connectivity index (χ2v) is 5.40. The summed E-state index contributed by atoms with van der Waals surface area (Å²) in [6.45, 7) is 8.93. The molecule has 0 aliphatic heterocycles. The standard InChI is InChI=1S/C16H21NO2/c1-10(2)9-17-11(3)16(12(4)18)14-8-13(19-5)6-7-15(14)17/h6-8,10H,9H2,1-5H3. The Kier molecular flexibility index (Phi) is 3.65. The topological polar surface area (TPSA) is 31.2 Å². The van der Waals surface area contributed by atoms with Crippen LogP contribution in [0.3, 0.4) is 0 Å². The SMILES string of the molecule is COc1ccc2c(c1)c(C(C)=O)c(C)n2CC(C)C. The summed E-state index contributed by atoms with van der Waals surface area (Å²) >= 11 is 0. The number of nitrogens with zero attached hydrogens (tertiary/aromatic N) is 1. The number of methoxy groups -OCH3 is 1. The van der Waals surface area contributed by atoms with Crippen molar-refractivity contribution in [3.63, 3.8) is 0 Å². The molecular weight excluding hydrogens is 238 g/mol. The summed E-state index contributed by atoms with van der Waals surface area (Å²) in [5.41, 5.74) is 2.97. The van der Waals surface area contributed by atoms with Crippen molar-refractivity contribution in [1.82, 2.24) is 4.57 Å². The minimum absolute atomic E-state index is 0.109. The monoisotopic (exact) mass is 259 g/mol. The number of Topliss-reactive ketones (excluding diaryl/α,β-unsaturated/α-hetero) is 1. The minimum Gasteiger partial charge on any atom is -0.497 e. The molecule has 0 radical (unpaired) electrons. The van der Waals surface area contributed by atoms with Crippen LogP contribution < -0.4 is 4.74 Å². The molecule has 19 heavy (non-hydrogen) atoms. The second-order valence-electron chi connectivity index (χ2n) is 5.40. The molecular formula is C16H21NO2. The average Bonchev–Trinajstić information content (AvgIpc) is 2.61. The van der Waals surface area contributed by atoms with Gasteiger partial charge in [-0.3, -0.25) is 4.79 Å². The van der Waals surface area contributed by atoms with Crippen molar-refractivity contribution in [1.29, 1.82) is 0 Å². The summed E-state index contributed by atoms with van der Waals surface area (Å²) in [5, 5.41) is 0.991. The van der Waals surface area contributed by atoms with Crippen molar-refractivity contribution in [2.75, 3.05) is 7.11 Å². The molecule has 0 fully saturated rings. The van der Waals surface area contributed by atoms with E-state index in [-0.39, 0.29) is 5.78 Å². The highest BCUT2D eigenvalue weighted by Crippen LogP contribution is 2.30. The van der Waals surface area contributed by atoms with Crippen LogP contribution in [0.2, 0.25) is 0 Å². The third-order valence-corrected chi connectivity index (χ3v) is 3.43. The first-order chi connectivity index (χ1) is 8.95. The molecule has 3 nitrogen and oxygen atoms in total. The maximum atomic E-state index is 11.9. The predicted molar refractivity (Wildman–Crippen MR) is 78.1 cm³/mol. The van der Waals surface area contributed by atoms with Crippen LogP contribution in [0.5, 0.6) is 5.75 Å². The molecule has 1 heterocycles. The fraction of sp³-hybridized carbons (Fsp3) is 0.438. The van der Waals surface area contributed by atoms with Gasteiger partial charge in [-0.05, 0) is 38.0 Å². The number of carbonyl (C=O) groups excluding carboxylic acids is 1. The first-order valence-electron chi connectivity index (χ1n) is 6.63. The zero-order chi connectivity index (χ0) is 14.2. The molecule has 0 aliphatic rings. The smallest absolute Gasteiger partial charge is 0.162 e. The van der Waals surface area contributed by atoms with Gasteiger partial charge in [-0.15, -0.1) is 0 Å². The number of hydrogen-bond acceptors (Lipinski definition) is 2. The van der Waals surface area contributed by atoms with E-state index in [1.807, 2.05) is 25.1 Å². The normalized spacial score (nSPS) is 11.3. The molecule has 0 saturated heterocycles. The summed E-state index contributed by atoms with van der Waals surface area (Å²) < 4.78 is 7.50. The Morgan fingerprint density at radius 1 is 1.37 bits per heavy atom. The summed E-state index contributed by atoms with van der Waals surface area (Å²) in [5.74, 6) is 1.44. The molecule has 1 aromatic carbocycles. The third-order valence-electron chi connectivity index (χ3n) is 3.43. The van der Waals surface area contributed by atoms with Gasteiger partial charge in [0, 0.05) is 28.7 Å². The number of aromatic nitrogens is 1. The van der Waals surface area contributed by atoms with Crippen LogP contribution in [0, 0.1) is 12.8 Å². The van der Waals surface area contributed by atoms with Crippen LogP contribution in [0.1, 0.15) is 36.8 Å². The van der Waals surface area contributed by atoms with Crippen LogP contribution in [-0.2, 0) is 6.54 Å². The van der Waals surface area contributed by atoms with E-state index in [4.69, 9.17) is 4.74 Å². The van der Waals surface area contributed by atoms with Gasteiger partial charge < -0.3 is 9.30 Å². The first kappa shape index (κ1) is 13.7. The summed E-state index contributed by atoms with van der Waals surface area (Å²) in [4.78, 5) is 11.9. The van der Waals surface area contributed by atoms with Gasteiger partial charge in [-0.1, -0.05) is 13.8 Å². The van der Waals surface area contributed by atoms with Crippen molar-refractivity contribution >= 4 is 16.7 Å². The van der Waals surface area contributed by atoms with Gasteiger partial charge >= 0.3 is 0 Å². The van der Waals surface area contributed by atoms with Gasteiger partial charge in [0.2, 0.25) is 0 Å². The van der Waals surface area contributed by atoms with Gasteiger partial charge in [-0.25, -0.2) is 0 Å². The van der Waals surface area contributed by atoms with E-state index in [1.54, 1.807) is 14.0 Å². The first-order valence-corrected chi connectivity index (χ1v) is 6.63. The molecule has 2 aromatic rings. The fourth-order valence-electron chi connectivity index (χ4n) is 2.63. The summed E-state index contributed by atoms with van der Waals surface area (Å²) in [7, 11) is 1.65. The van der Waals surface area contributed by atoms with Gasteiger partial charge in [0.1, 0.15) is 5.75 Å². The average molecular weight is 259 g/mol. The molecule has 0 amide bonds. The lowest BCUT2D eigenvalue weighted by Crippen LogP contribution is -2.07.